The van der Waals surface area contributed by atoms with Gasteiger partial charge >= 0.3 is 0 Å². The van der Waals surface area contributed by atoms with Crippen LogP contribution in [-0.2, 0) is 0 Å². The van der Waals surface area contributed by atoms with Crippen molar-refractivity contribution in [3.63, 3.8) is 0 Å². The second-order valence-corrected chi connectivity index (χ2v) is 2.80. The zero-order chi connectivity index (χ0) is 8.39. The van der Waals surface area contributed by atoms with Crippen LogP contribution in [0.2, 0.25) is 0 Å². The van der Waals surface area contributed by atoms with Gasteiger partial charge in [-0.15, -0.1) is 0 Å². The Morgan fingerprint density at radius 3 is 3.17 bits per heavy atom. The number of hydrogen-bond donors (Lipinski definition) is 1. The fourth-order valence-corrected chi connectivity index (χ4v) is 1.34. The number of rotatable bonds is 2. The molecular weight excluding hydrogens is 158 g/mol. The van der Waals surface area contributed by atoms with E-state index in [1.165, 1.54) is 0 Å². The lowest BCUT2D eigenvalue weighted by Gasteiger charge is -1.97. The summed E-state index contributed by atoms with van der Waals surface area (Å²) in [5, 5.41) is 6.90. The second kappa shape index (κ2) is 3.02. The highest BCUT2D eigenvalue weighted by Crippen LogP contribution is 2.18. The van der Waals surface area contributed by atoms with Gasteiger partial charge in [0, 0.05) is 12.5 Å². The first-order valence-corrected chi connectivity index (χ1v) is 3.89. The Kier molecular flexibility index (Phi) is 1.87. The average Bonchev–Trinajstić information content (AvgIpc) is 2.75. The number of aldehydes is 1. The molecule has 0 amide bonds. The number of hydrogen-bond acceptors (Lipinski definition) is 5. The highest BCUT2D eigenvalue weighted by molar-refractivity contribution is 5.66. The summed E-state index contributed by atoms with van der Waals surface area (Å²) in [5.74, 6) is 1.02. The lowest BCUT2D eigenvalue weighted by Crippen LogP contribution is -2.08. The summed E-state index contributed by atoms with van der Waals surface area (Å²) in [6.07, 6.45) is 1.58. The number of nitrogens with zero attached hydrogens (tertiary/aromatic N) is 2. The fraction of sp³-hybridized carbons (Fsp3) is 0.571. The van der Waals surface area contributed by atoms with Crippen LogP contribution in [0.5, 0.6) is 0 Å². The summed E-state index contributed by atoms with van der Waals surface area (Å²) in [5.41, 5.74) is 0. The molecule has 1 aliphatic rings. The van der Waals surface area contributed by atoms with E-state index < -0.39 is 0 Å². The third-order valence-electron chi connectivity index (χ3n) is 1.98. The number of nitrogens with one attached hydrogen (secondary N) is 1. The number of carbonyl (C=O) groups excluding carboxylic acids is 1. The van der Waals surface area contributed by atoms with Gasteiger partial charge in [0.25, 0.3) is 5.89 Å². The predicted octanol–water partition coefficient (Wildman–Crippen LogP) is -0.0410. The van der Waals surface area contributed by atoms with E-state index in [-0.39, 0.29) is 5.89 Å². The minimum atomic E-state index is 0.0666. The van der Waals surface area contributed by atoms with Gasteiger partial charge in [-0.1, -0.05) is 5.16 Å². The van der Waals surface area contributed by atoms with Crippen molar-refractivity contribution in [3.05, 3.63) is 11.7 Å². The maximum absolute atomic E-state index is 10.2. The third-order valence-corrected chi connectivity index (χ3v) is 1.98. The maximum atomic E-state index is 10.2. The Morgan fingerprint density at radius 2 is 2.58 bits per heavy atom. The minimum Gasteiger partial charge on any atom is -0.331 e. The normalized spacial score (nSPS) is 22.8. The van der Waals surface area contributed by atoms with E-state index in [9.17, 15) is 4.79 Å². The lowest BCUT2D eigenvalue weighted by atomic mass is 10.1. The van der Waals surface area contributed by atoms with E-state index >= 15 is 0 Å². The Hall–Kier alpha value is -1.23. The smallest absolute Gasteiger partial charge is 0.290 e. The zero-order valence-electron chi connectivity index (χ0n) is 6.49. The van der Waals surface area contributed by atoms with Crippen molar-refractivity contribution in [2.24, 2.45) is 0 Å². The first-order chi connectivity index (χ1) is 5.90. The summed E-state index contributed by atoms with van der Waals surface area (Å²) in [6.45, 7) is 1.85. The third kappa shape index (κ3) is 1.23. The molecule has 5 nitrogen and oxygen atoms in total. The minimum absolute atomic E-state index is 0.0666. The van der Waals surface area contributed by atoms with E-state index in [1.807, 2.05) is 0 Å². The summed E-state index contributed by atoms with van der Waals surface area (Å²) < 4.78 is 4.67. The van der Waals surface area contributed by atoms with Crippen molar-refractivity contribution >= 4 is 6.29 Å². The molecule has 12 heavy (non-hydrogen) atoms. The SMILES string of the molecule is O=Cc1nc(C2CCNC2)no1. The number of aromatic nitrogens is 2. The molecule has 0 saturated carbocycles. The summed E-state index contributed by atoms with van der Waals surface area (Å²) in [6, 6.07) is 0. The van der Waals surface area contributed by atoms with Crippen LogP contribution in [-0.4, -0.2) is 29.5 Å². The molecule has 0 radical (unpaired) electrons. The Bertz CT molecular complexity index is 278. The molecule has 2 rings (SSSR count). The van der Waals surface area contributed by atoms with Gasteiger partial charge in [0.2, 0.25) is 6.29 Å². The van der Waals surface area contributed by atoms with Gasteiger partial charge < -0.3 is 9.84 Å². The average molecular weight is 167 g/mol. The van der Waals surface area contributed by atoms with E-state index in [1.54, 1.807) is 0 Å². The topological polar surface area (TPSA) is 68.0 Å². The van der Waals surface area contributed by atoms with Crippen LogP contribution in [0.15, 0.2) is 4.52 Å². The van der Waals surface area contributed by atoms with E-state index in [0.29, 0.717) is 18.0 Å². The molecule has 1 N–H and O–H groups in total. The van der Waals surface area contributed by atoms with Gasteiger partial charge in [0.15, 0.2) is 5.82 Å². The summed E-state index contributed by atoms with van der Waals surface area (Å²) in [4.78, 5) is 14.1. The van der Waals surface area contributed by atoms with Crippen LogP contribution < -0.4 is 5.32 Å². The predicted molar refractivity (Wildman–Crippen MR) is 39.9 cm³/mol. The van der Waals surface area contributed by atoms with Crippen LogP contribution in [0.1, 0.15) is 28.8 Å². The van der Waals surface area contributed by atoms with Gasteiger partial charge in [0.05, 0.1) is 0 Å². The molecule has 1 saturated heterocycles. The number of carbonyl (C=O) groups is 1. The standard InChI is InChI=1S/C7H9N3O2/c11-4-6-9-7(10-12-6)5-1-2-8-3-5/h4-5,8H,1-3H2. The highest BCUT2D eigenvalue weighted by atomic mass is 16.5. The van der Waals surface area contributed by atoms with Crippen molar-refractivity contribution in [1.82, 2.24) is 15.5 Å². The van der Waals surface area contributed by atoms with E-state index in [4.69, 9.17) is 0 Å². The van der Waals surface area contributed by atoms with Crippen molar-refractivity contribution in [3.8, 4) is 0 Å². The van der Waals surface area contributed by atoms with Crippen LogP contribution in [0.3, 0.4) is 0 Å². The maximum Gasteiger partial charge on any atom is 0.290 e. The van der Waals surface area contributed by atoms with Crippen LogP contribution >= 0.6 is 0 Å². The molecule has 0 bridgehead atoms. The molecule has 64 valence electrons. The molecule has 1 atom stereocenters. The summed E-state index contributed by atoms with van der Waals surface area (Å²) >= 11 is 0. The lowest BCUT2D eigenvalue weighted by molar-refractivity contribution is 0.108. The monoisotopic (exact) mass is 167 g/mol. The van der Waals surface area contributed by atoms with Crippen LogP contribution in [0.4, 0.5) is 0 Å². The van der Waals surface area contributed by atoms with Crippen molar-refractivity contribution in [2.45, 2.75) is 12.3 Å². The van der Waals surface area contributed by atoms with Crippen molar-refractivity contribution < 1.29 is 9.32 Å². The molecular formula is C7H9N3O2. The molecule has 1 unspecified atom stereocenters. The molecule has 1 fully saturated rings. The summed E-state index contributed by atoms with van der Waals surface area (Å²) in [7, 11) is 0. The van der Waals surface area contributed by atoms with Crippen LogP contribution in [0.25, 0.3) is 0 Å². The van der Waals surface area contributed by atoms with E-state index in [0.717, 1.165) is 19.5 Å². The van der Waals surface area contributed by atoms with Gasteiger partial charge in [-0.2, -0.15) is 4.98 Å². The van der Waals surface area contributed by atoms with Crippen molar-refractivity contribution in [2.75, 3.05) is 13.1 Å². The van der Waals surface area contributed by atoms with Crippen LogP contribution in [0, 0.1) is 0 Å². The van der Waals surface area contributed by atoms with E-state index in [2.05, 4.69) is 20.0 Å². The molecule has 1 aromatic heterocycles. The molecule has 5 heteroatoms. The zero-order valence-corrected chi connectivity index (χ0v) is 6.49. The first-order valence-electron chi connectivity index (χ1n) is 3.89. The Morgan fingerprint density at radius 1 is 1.67 bits per heavy atom. The Balaban J connectivity index is 2.16. The molecule has 1 aromatic rings. The van der Waals surface area contributed by atoms with Gasteiger partial charge in [0.1, 0.15) is 0 Å². The Labute approximate surface area is 69.1 Å². The molecule has 0 aromatic carbocycles. The molecule has 0 spiro atoms. The largest absolute Gasteiger partial charge is 0.331 e. The second-order valence-electron chi connectivity index (χ2n) is 2.80. The molecule has 1 aliphatic heterocycles. The first kappa shape index (κ1) is 7.42. The molecule has 2 heterocycles. The van der Waals surface area contributed by atoms with Gasteiger partial charge in [-0.05, 0) is 13.0 Å². The van der Waals surface area contributed by atoms with Gasteiger partial charge in [-0.25, -0.2) is 0 Å². The fourth-order valence-electron chi connectivity index (χ4n) is 1.34. The quantitative estimate of drug-likeness (QED) is 0.626. The van der Waals surface area contributed by atoms with Gasteiger partial charge in [-0.3, -0.25) is 4.79 Å². The molecule has 0 aliphatic carbocycles. The highest BCUT2D eigenvalue weighted by Gasteiger charge is 2.21. The van der Waals surface area contributed by atoms with Crippen molar-refractivity contribution in [1.29, 1.82) is 0 Å².